The predicted molar refractivity (Wildman–Crippen MR) is 96.6 cm³/mol. The second-order valence-electron chi connectivity index (χ2n) is 6.67. The number of nitrogens with zero attached hydrogens (tertiary/aromatic N) is 1. The van der Waals surface area contributed by atoms with Gasteiger partial charge in [0.15, 0.2) is 0 Å². The Morgan fingerprint density at radius 3 is 2.23 bits per heavy atom. The van der Waals surface area contributed by atoms with Gasteiger partial charge in [-0.1, -0.05) is 12.2 Å². The van der Waals surface area contributed by atoms with Crippen molar-refractivity contribution >= 4 is 21.6 Å². The van der Waals surface area contributed by atoms with Gasteiger partial charge in [0.05, 0.1) is 10.5 Å². The number of halogens is 4. The Morgan fingerprint density at radius 1 is 1.15 bits per heavy atom. The first-order valence-electron chi connectivity index (χ1n) is 8.51. The molecule has 1 fully saturated rings. The molecule has 0 bridgehead atoms. The summed E-state index contributed by atoms with van der Waals surface area (Å²) in [6, 6.07) is 3.63. The Morgan fingerprint density at radius 2 is 1.73 bits per heavy atom. The Labute approximate surface area is 157 Å². The van der Waals surface area contributed by atoms with E-state index >= 15 is 0 Å². The molecule has 1 aliphatic carbocycles. The maximum absolute atomic E-state index is 12.6. The van der Waals surface area contributed by atoms with Crippen LogP contribution < -0.4 is 0 Å². The molecule has 0 aromatic heterocycles. The van der Waals surface area contributed by atoms with E-state index < -0.39 is 21.8 Å². The summed E-state index contributed by atoms with van der Waals surface area (Å²) < 4.78 is 64.3. The topological polar surface area (TPSA) is 37.4 Å². The lowest BCUT2D eigenvalue weighted by atomic mass is 9.82. The molecule has 1 aliphatic rings. The van der Waals surface area contributed by atoms with E-state index in [0.717, 1.165) is 49.9 Å². The molecule has 0 unspecified atom stereocenters. The van der Waals surface area contributed by atoms with E-state index in [1.165, 1.54) is 11.4 Å². The molecule has 3 nitrogen and oxygen atoms in total. The van der Waals surface area contributed by atoms with Crippen LogP contribution in [0, 0.1) is 11.8 Å². The Bertz CT molecular complexity index is 709. The van der Waals surface area contributed by atoms with Crippen molar-refractivity contribution < 1.29 is 21.6 Å². The van der Waals surface area contributed by atoms with E-state index in [1.54, 1.807) is 0 Å². The summed E-state index contributed by atoms with van der Waals surface area (Å²) in [7, 11) is -2.32. The van der Waals surface area contributed by atoms with Crippen LogP contribution in [0.1, 0.15) is 31.2 Å². The lowest BCUT2D eigenvalue weighted by molar-refractivity contribution is -0.137. The first-order chi connectivity index (χ1) is 12.1. The number of hydrogen-bond donors (Lipinski definition) is 0. The van der Waals surface area contributed by atoms with Gasteiger partial charge in [-0.3, -0.25) is 0 Å². The van der Waals surface area contributed by atoms with Gasteiger partial charge in [-0.15, -0.1) is 11.6 Å². The zero-order valence-corrected chi connectivity index (χ0v) is 16.1. The number of hydrogen-bond acceptors (Lipinski definition) is 2. The van der Waals surface area contributed by atoms with Crippen LogP contribution in [0.3, 0.4) is 0 Å². The highest BCUT2D eigenvalue weighted by molar-refractivity contribution is 7.89. The van der Waals surface area contributed by atoms with E-state index in [-0.39, 0.29) is 10.8 Å². The molecule has 1 saturated carbocycles. The van der Waals surface area contributed by atoms with Crippen molar-refractivity contribution in [3.05, 3.63) is 42.0 Å². The third-order valence-electron chi connectivity index (χ3n) is 4.79. The Kier molecular flexibility index (Phi) is 7.16. The molecular weight excluding hydrogens is 387 g/mol. The van der Waals surface area contributed by atoms with Crippen molar-refractivity contribution in [1.82, 2.24) is 4.31 Å². The fraction of sp³-hybridized carbons (Fsp3) is 0.556. The smallest absolute Gasteiger partial charge is 0.207 e. The van der Waals surface area contributed by atoms with Crippen molar-refractivity contribution in [2.75, 3.05) is 19.5 Å². The summed E-state index contributed by atoms with van der Waals surface area (Å²) in [4.78, 5) is -0.119. The molecule has 0 spiro atoms. The van der Waals surface area contributed by atoms with Crippen LogP contribution in [0.5, 0.6) is 0 Å². The number of sulfonamides is 1. The van der Waals surface area contributed by atoms with Crippen LogP contribution in [-0.4, -0.2) is 32.2 Å². The predicted octanol–water partition coefficient (Wildman–Crippen LogP) is 4.93. The average Bonchev–Trinajstić information content (AvgIpc) is 2.60. The molecule has 0 aliphatic heterocycles. The summed E-state index contributed by atoms with van der Waals surface area (Å²) in [6.07, 6.45) is 3.40. The van der Waals surface area contributed by atoms with Crippen LogP contribution in [0.4, 0.5) is 13.2 Å². The van der Waals surface area contributed by atoms with Crippen molar-refractivity contribution in [2.24, 2.45) is 11.8 Å². The summed E-state index contributed by atoms with van der Waals surface area (Å²) >= 11 is 5.64. The van der Waals surface area contributed by atoms with Crippen LogP contribution in [0.15, 0.2) is 41.3 Å². The Balaban J connectivity index is 1.98. The molecule has 0 atom stereocenters. The fourth-order valence-corrected chi connectivity index (χ4v) is 4.61. The monoisotopic (exact) mass is 409 g/mol. The summed E-state index contributed by atoms with van der Waals surface area (Å²) in [5, 5.41) is 0. The van der Waals surface area contributed by atoms with E-state index in [2.05, 4.69) is 6.08 Å². The second-order valence-corrected chi connectivity index (χ2v) is 9.02. The van der Waals surface area contributed by atoms with Gasteiger partial charge in [0.25, 0.3) is 0 Å². The van der Waals surface area contributed by atoms with Crippen molar-refractivity contribution in [3.8, 4) is 0 Å². The number of alkyl halides is 4. The molecule has 8 heteroatoms. The van der Waals surface area contributed by atoms with Gasteiger partial charge in [-0.25, -0.2) is 12.7 Å². The van der Waals surface area contributed by atoms with Gasteiger partial charge < -0.3 is 0 Å². The molecule has 1 aromatic rings. The molecule has 26 heavy (non-hydrogen) atoms. The molecule has 0 saturated heterocycles. The van der Waals surface area contributed by atoms with Gasteiger partial charge in [0.1, 0.15) is 0 Å². The number of benzene rings is 1. The minimum atomic E-state index is -4.48. The van der Waals surface area contributed by atoms with Crippen LogP contribution in [0.25, 0.3) is 0 Å². The lowest BCUT2D eigenvalue weighted by Crippen LogP contribution is -2.33. The molecular formula is C18H23ClF3NO2S. The standard InChI is InChI=1S/C18H23ClF3NO2S/c1-23(13-15-6-4-14(5-7-15)3-2-12-19)26(24,25)17-10-8-16(9-11-17)18(20,21)22/h2-3,8-11,14-15H,4-7,12-13H2,1H3/b3-2+. The summed E-state index contributed by atoms with van der Waals surface area (Å²) in [5.74, 6) is 1.24. The summed E-state index contributed by atoms with van der Waals surface area (Å²) in [5.41, 5.74) is -0.859. The second kappa shape index (κ2) is 8.76. The maximum Gasteiger partial charge on any atom is 0.416 e. The first-order valence-corrected chi connectivity index (χ1v) is 10.5. The van der Waals surface area contributed by atoms with Gasteiger partial charge in [0, 0.05) is 19.5 Å². The minimum Gasteiger partial charge on any atom is -0.207 e. The molecule has 146 valence electrons. The SMILES string of the molecule is CN(CC1CCC(/C=C/CCl)CC1)S(=O)(=O)c1ccc(C(F)(F)F)cc1. The average molecular weight is 410 g/mol. The molecule has 0 amide bonds. The van der Waals surface area contributed by atoms with Crippen molar-refractivity contribution in [3.63, 3.8) is 0 Å². The van der Waals surface area contributed by atoms with Crippen LogP contribution in [-0.2, 0) is 16.2 Å². The zero-order valence-electron chi connectivity index (χ0n) is 14.5. The first kappa shape index (κ1) is 21.3. The van der Waals surface area contributed by atoms with Crippen molar-refractivity contribution in [1.29, 1.82) is 0 Å². The molecule has 1 aromatic carbocycles. The number of allylic oxidation sites excluding steroid dienone is 2. The van der Waals surface area contributed by atoms with E-state index in [4.69, 9.17) is 11.6 Å². The minimum absolute atomic E-state index is 0.119. The van der Waals surface area contributed by atoms with Gasteiger partial charge in [-0.2, -0.15) is 13.2 Å². The van der Waals surface area contributed by atoms with Crippen LogP contribution in [0.2, 0.25) is 0 Å². The van der Waals surface area contributed by atoms with Crippen molar-refractivity contribution in [2.45, 2.75) is 36.8 Å². The van der Waals surface area contributed by atoms with E-state index in [9.17, 15) is 21.6 Å². The largest absolute Gasteiger partial charge is 0.416 e. The third kappa shape index (κ3) is 5.47. The molecule has 0 heterocycles. The highest BCUT2D eigenvalue weighted by atomic mass is 35.5. The molecule has 0 N–H and O–H groups in total. The van der Waals surface area contributed by atoms with Crippen LogP contribution >= 0.6 is 11.6 Å². The zero-order chi connectivity index (χ0) is 19.4. The van der Waals surface area contributed by atoms with Gasteiger partial charge in [0.2, 0.25) is 10.0 Å². The lowest BCUT2D eigenvalue weighted by Gasteiger charge is -2.29. The maximum atomic E-state index is 12.6. The third-order valence-corrected chi connectivity index (χ3v) is 6.81. The van der Waals surface area contributed by atoms with Gasteiger partial charge >= 0.3 is 6.18 Å². The highest BCUT2D eigenvalue weighted by Gasteiger charge is 2.31. The summed E-state index contributed by atoms with van der Waals surface area (Å²) in [6.45, 7) is 0.370. The normalized spacial score (nSPS) is 22.2. The highest BCUT2D eigenvalue weighted by Crippen LogP contribution is 2.32. The fourth-order valence-electron chi connectivity index (χ4n) is 3.26. The Hall–Kier alpha value is -1.05. The molecule has 2 rings (SSSR count). The van der Waals surface area contributed by atoms with Gasteiger partial charge in [-0.05, 0) is 61.8 Å². The van der Waals surface area contributed by atoms with E-state index in [0.29, 0.717) is 18.3 Å². The van der Waals surface area contributed by atoms with E-state index in [1.807, 2.05) is 6.08 Å². The molecule has 0 radical (unpaired) electrons. The number of rotatable bonds is 6. The quantitative estimate of drug-likeness (QED) is 0.493.